The Balaban J connectivity index is 3.62. The highest BCUT2D eigenvalue weighted by atomic mass is 32.2. The molecule has 1 unspecified atom stereocenters. The summed E-state index contributed by atoms with van der Waals surface area (Å²) in [6.45, 7) is 1.98. The third-order valence-corrected chi connectivity index (χ3v) is 4.32. The standard InChI is InChI=1S/C12H26O4S/c1-2-3-4-5-6-7-8-9-12(10-11-13)17(14,15)16/h12-13H,2-11H2,1H3,(H,14,15,16). The zero-order chi connectivity index (χ0) is 13.1. The minimum Gasteiger partial charge on any atom is -0.396 e. The lowest BCUT2D eigenvalue weighted by Crippen LogP contribution is -2.21. The summed E-state index contributed by atoms with van der Waals surface area (Å²) >= 11 is 0. The average Bonchev–Trinajstić information content (AvgIpc) is 2.25. The molecule has 5 heteroatoms. The maximum Gasteiger partial charge on any atom is 0.267 e. The minimum atomic E-state index is -3.99. The summed E-state index contributed by atoms with van der Waals surface area (Å²) < 4.78 is 30.9. The highest BCUT2D eigenvalue weighted by Crippen LogP contribution is 2.15. The summed E-state index contributed by atoms with van der Waals surface area (Å²) in [5, 5.41) is 7.94. The molecular formula is C12H26O4S. The van der Waals surface area contributed by atoms with Crippen molar-refractivity contribution in [2.75, 3.05) is 6.61 Å². The van der Waals surface area contributed by atoms with Crippen molar-refractivity contribution in [3.8, 4) is 0 Å². The Labute approximate surface area is 105 Å². The molecule has 0 aliphatic carbocycles. The van der Waals surface area contributed by atoms with Gasteiger partial charge in [0, 0.05) is 6.61 Å². The fourth-order valence-corrected chi connectivity index (χ4v) is 2.78. The molecule has 2 N–H and O–H groups in total. The maximum absolute atomic E-state index is 11.0. The van der Waals surface area contributed by atoms with Crippen molar-refractivity contribution in [2.45, 2.75) is 70.0 Å². The number of rotatable bonds is 11. The van der Waals surface area contributed by atoms with Gasteiger partial charge in [0.25, 0.3) is 10.1 Å². The first kappa shape index (κ1) is 16.9. The van der Waals surface area contributed by atoms with E-state index in [0.29, 0.717) is 6.42 Å². The molecule has 0 amide bonds. The number of hydrogen-bond acceptors (Lipinski definition) is 3. The van der Waals surface area contributed by atoms with Crippen LogP contribution in [0.2, 0.25) is 0 Å². The largest absolute Gasteiger partial charge is 0.396 e. The second-order valence-corrected chi connectivity index (χ2v) is 6.26. The summed E-state index contributed by atoms with van der Waals surface area (Å²) in [4.78, 5) is 0. The van der Waals surface area contributed by atoms with Crippen LogP contribution >= 0.6 is 0 Å². The molecule has 0 aromatic carbocycles. The van der Waals surface area contributed by atoms with Crippen molar-refractivity contribution >= 4 is 10.1 Å². The van der Waals surface area contributed by atoms with E-state index >= 15 is 0 Å². The topological polar surface area (TPSA) is 74.6 Å². The molecule has 104 valence electrons. The molecule has 0 aromatic heterocycles. The van der Waals surface area contributed by atoms with E-state index in [1.807, 2.05) is 0 Å². The Bertz CT molecular complexity index is 262. The van der Waals surface area contributed by atoms with Gasteiger partial charge >= 0.3 is 0 Å². The van der Waals surface area contributed by atoms with Gasteiger partial charge in [0.1, 0.15) is 0 Å². The molecule has 0 radical (unpaired) electrons. The van der Waals surface area contributed by atoms with Crippen LogP contribution in [0.1, 0.15) is 64.7 Å². The molecule has 0 spiro atoms. The fraction of sp³-hybridized carbons (Fsp3) is 1.00. The van der Waals surface area contributed by atoms with E-state index in [1.54, 1.807) is 0 Å². The minimum absolute atomic E-state index is 0.134. The molecule has 1 atom stereocenters. The van der Waals surface area contributed by atoms with E-state index in [2.05, 4.69) is 6.92 Å². The normalized spacial score (nSPS) is 13.8. The van der Waals surface area contributed by atoms with Gasteiger partial charge in [0.15, 0.2) is 0 Å². The van der Waals surface area contributed by atoms with Crippen molar-refractivity contribution in [3.63, 3.8) is 0 Å². The van der Waals surface area contributed by atoms with Crippen LogP contribution in [-0.4, -0.2) is 29.9 Å². The van der Waals surface area contributed by atoms with Gasteiger partial charge in [-0.25, -0.2) is 0 Å². The zero-order valence-corrected chi connectivity index (χ0v) is 11.6. The quantitative estimate of drug-likeness (QED) is 0.445. The van der Waals surface area contributed by atoms with Crippen LogP contribution < -0.4 is 0 Å². The van der Waals surface area contributed by atoms with Gasteiger partial charge in [-0.15, -0.1) is 0 Å². The van der Waals surface area contributed by atoms with Gasteiger partial charge < -0.3 is 5.11 Å². The second kappa shape index (κ2) is 9.85. The van der Waals surface area contributed by atoms with Gasteiger partial charge in [-0.05, 0) is 12.8 Å². The SMILES string of the molecule is CCCCCCCCCC(CCO)S(=O)(=O)O. The number of aliphatic hydroxyl groups is 1. The lowest BCUT2D eigenvalue weighted by molar-refractivity contribution is 0.279. The molecule has 0 rings (SSSR count). The Morgan fingerprint density at radius 2 is 1.47 bits per heavy atom. The van der Waals surface area contributed by atoms with E-state index in [9.17, 15) is 8.42 Å². The van der Waals surface area contributed by atoms with Gasteiger partial charge in [-0.2, -0.15) is 8.42 Å². The molecule has 0 saturated heterocycles. The summed E-state index contributed by atoms with van der Waals surface area (Å²) in [6, 6.07) is 0. The van der Waals surface area contributed by atoms with Crippen LogP contribution in [0.3, 0.4) is 0 Å². The smallest absolute Gasteiger partial charge is 0.267 e. The third kappa shape index (κ3) is 9.56. The summed E-state index contributed by atoms with van der Waals surface area (Å²) in [7, 11) is -3.99. The zero-order valence-electron chi connectivity index (χ0n) is 10.8. The summed E-state index contributed by atoms with van der Waals surface area (Å²) in [5.74, 6) is 0. The lowest BCUT2D eigenvalue weighted by atomic mass is 10.1. The van der Waals surface area contributed by atoms with Crippen LogP contribution in [0, 0.1) is 0 Å². The molecule has 0 saturated carbocycles. The van der Waals surface area contributed by atoms with E-state index in [0.717, 1.165) is 19.3 Å². The first-order valence-corrected chi connectivity index (χ1v) is 8.09. The Morgan fingerprint density at radius 1 is 0.941 bits per heavy atom. The fourth-order valence-electron chi connectivity index (χ4n) is 1.92. The van der Waals surface area contributed by atoms with Crippen molar-refractivity contribution in [2.24, 2.45) is 0 Å². The highest BCUT2D eigenvalue weighted by Gasteiger charge is 2.21. The van der Waals surface area contributed by atoms with Gasteiger partial charge in [-0.3, -0.25) is 4.55 Å². The predicted octanol–water partition coefficient (Wildman–Crippen LogP) is 2.77. The predicted molar refractivity (Wildman–Crippen MR) is 69.6 cm³/mol. The Hall–Kier alpha value is -0.130. The number of aliphatic hydroxyl groups excluding tert-OH is 1. The highest BCUT2D eigenvalue weighted by molar-refractivity contribution is 7.86. The van der Waals surface area contributed by atoms with E-state index in [1.165, 1.54) is 25.7 Å². The van der Waals surface area contributed by atoms with Crippen molar-refractivity contribution in [1.82, 2.24) is 0 Å². The molecule has 0 fully saturated rings. The van der Waals surface area contributed by atoms with Gasteiger partial charge in [0.05, 0.1) is 5.25 Å². The van der Waals surface area contributed by atoms with Crippen molar-refractivity contribution in [1.29, 1.82) is 0 Å². The Morgan fingerprint density at radius 3 is 1.94 bits per heavy atom. The molecule has 4 nitrogen and oxygen atoms in total. The maximum atomic E-state index is 11.0. The molecule has 0 aliphatic heterocycles. The van der Waals surface area contributed by atoms with Gasteiger partial charge in [0.2, 0.25) is 0 Å². The van der Waals surface area contributed by atoms with Crippen LogP contribution in [0.4, 0.5) is 0 Å². The monoisotopic (exact) mass is 266 g/mol. The van der Waals surface area contributed by atoms with E-state index in [-0.39, 0.29) is 13.0 Å². The van der Waals surface area contributed by atoms with Crippen LogP contribution in [0.25, 0.3) is 0 Å². The molecule has 0 heterocycles. The first-order chi connectivity index (χ1) is 8.02. The molecular weight excluding hydrogens is 240 g/mol. The van der Waals surface area contributed by atoms with Crippen LogP contribution in [-0.2, 0) is 10.1 Å². The summed E-state index contributed by atoms with van der Waals surface area (Å²) in [6.07, 6.45) is 8.44. The number of hydrogen-bond donors (Lipinski definition) is 2. The average molecular weight is 266 g/mol. The van der Waals surface area contributed by atoms with E-state index < -0.39 is 15.4 Å². The lowest BCUT2D eigenvalue weighted by Gasteiger charge is -2.11. The molecule has 0 aromatic rings. The second-order valence-electron chi connectivity index (χ2n) is 4.56. The summed E-state index contributed by atoms with van der Waals surface area (Å²) in [5.41, 5.74) is 0. The molecule has 0 bridgehead atoms. The molecule has 17 heavy (non-hydrogen) atoms. The molecule has 0 aliphatic rings. The van der Waals surface area contributed by atoms with Crippen LogP contribution in [0.5, 0.6) is 0 Å². The first-order valence-electron chi connectivity index (χ1n) is 6.59. The van der Waals surface area contributed by atoms with Crippen molar-refractivity contribution < 1.29 is 18.1 Å². The van der Waals surface area contributed by atoms with Crippen LogP contribution in [0.15, 0.2) is 0 Å². The number of unbranched alkanes of at least 4 members (excludes halogenated alkanes) is 6. The third-order valence-electron chi connectivity index (χ3n) is 3.00. The van der Waals surface area contributed by atoms with Gasteiger partial charge in [-0.1, -0.05) is 51.9 Å². The van der Waals surface area contributed by atoms with Crippen molar-refractivity contribution in [3.05, 3.63) is 0 Å². The Kier molecular flexibility index (Phi) is 9.78. The van der Waals surface area contributed by atoms with E-state index in [4.69, 9.17) is 9.66 Å².